The summed E-state index contributed by atoms with van der Waals surface area (Å²) in [4.78, 5) is 2.49. The molecule has 1 aromatic heterocycles. The summed E-state index contributed by atoms with van der Waals surface area (Å²) < 4.78 is 8.28. The molecule has 1 aliphatic heterocycles. The zero-order valence-electron chi connectivity index (χ0n) is 16.0. The van der Waals surface area contributed by atoms with Crippen LogP contribution in [0.5, 0.6) is 11.5 Å². The van der Waals surface area contributed by atoms with E-state index >= 15 is 0 Å². The Balaban J connectivity index is 1.42. The Labute approximate surface area is 160 Å². The molecule has 4 rings (SSSR count). The lowest BCUT2D eigenvalue weighted by Crippen LogP contribution is -2.26. The van der Waals surface area contributed by atoms with Gasteiger partial charge in [-0.1, -0.05) is 44.2 Å². The zero-order valence-corrected chi connectivity index (χ0v) is 16.0. The molecule has 0 saturated carbocycles. The third kappa shape index (κ3) is 4.19. The fourth-order valence-electron chi connectivity index (χ4n) is 3.56. The molecule has 1 aliphatic rings. The molecule has 0 spiro atoms. The van der Waals surface area contributed by atoms with Crippen LogP contribution >= 0.6 is 0 Å². The molecule has 3 aromatic rings. The average molecular weight is 362 g/mol. The Hall–Kier alpha value is -2.66. The van der Waals surface area contributed by atoms with E-state index in [4.69, 9.17) is 4.74 Å². The maximum atomic E-state index is 5.97. The van der Waals surface area contributed by atoms with Crippen LogP contribution in [0.15, 0.2) is 54.6 Å². The highest BCUT2D eigenvalue weighted by Crippen LogP contribution is 2.23. The largest absolute Gasteiger partial charge is 0.457 e. The van der Waals surface area contributed by atoms with E-state index in [1.807, 2.05) is 36.4 Å². The van der Waals surface area contributed by atoms with Gasteiger partial charge in [0.05, 0.1) is 0 Å². The van der Waals surface area contributed by atoms with Crippen molar-refractivity contribution in [3.8, 4) is 11.5 Å². The van der Waals surface area contributed by atoms with E-state index in [0.29, 0.717) is 5.92 Å². The van der Waals surface area contributed by atoms with Gasteiger partial charge in [0.25, 0.3) is 0 Å². The topological polar surface area (TPSA) is 43.2 Å². The monoisotopic (exact) mass is 362 g/mol. The number of rotatable bonds is 5. The third-order valence-corrected chi connectivity index (χ3v) is 4.95. The fraction of sp³-hybridized carbons (Fsp3) is 0.364. The molecule has 0 N–H and O–H groups in total. The quantitative estimate of drug-likeness (QED) is 0.680. The van der Waals surface area contributed by atoms with E-state index in [9.17, 15) is 0 Å². The predicted octanol–water partition coefficient (Wildman–Crippen LogP) is 4.25. The van der Waals surface area contributed by atoms with Gasteiger partial charge in [0.1, 0.15) is 23.1 Å². The first-order valence-electron chi connectivity index (χ1n) is 9.65. The molecule has 0 fully saturated rings. The van der Waals surface area contributed by atoms with Crippen LogP contribution in [0, 0.1) is 0 Å². The van der Waals surface area contributed by atoms with Crippen LogP contribution in [-0.2, 0) is 19.5 Å². The van der Waals surface area contributed by atoms with Crippen LogP contribution in [0.1, 0.15) is 37.0 Å². The number of fused-ring (bicyclic) bond motifs is 1. The number of aromatic nitrogens is 3. The first-order chi connectivity index (χ1) is 13.2. The molecule has 0 amide bonds. The Morgan fingerprint density at radius 1 is 0.926 bits per heavy atom. The normalized spacial score (nSPS) is 14.8. The van der Waals surface area contributed by atoms with Gasteiger partial charge in [-0.15, -0.1) is 10.2 Å². The first kappa shape index (κ1) is 17.7. The van der Waals surface area contributed by atoms with Gasteiger partial charge in [0, 0.05) is 38.5 Å². The minimum atomic E-state index is 0.407. The Morgan fingerprint density at radius 3 is 2.56 bits per heavy atom. The van der Waals surface area contributed by atoms with Gasteiger partial charge >= 0.3 is 0 Å². The van der Waals surface area contributed by atoms with E-state index < -0.39 is 0 Å². The van der Waals surface area contributed by atoms with Crippen molar-refractivity contribution < 1.29 is 4.74 Å². The number of ether oxygens (including phenoxy) is 1. The second kappa shape index (κ2) is 7.92. The van der Waals surface area contributed by atoms with Crippen molar-refractivity contribution in [2.45, 2.75) is 39.3 Å². The molecule has 0 atom stereocenters. The van der Waals surface area contributed by atoms with Crippen molar-refractivity contribution in [2.24, 2.45) is 0 Å². The van der Waals surface area contributed by atoms with Crippen molar-refractivity contribution in [3.05, 3.63) is 71.8 Å². The van der Waals surface area contributed by atoms with Crippen LogP contribution in [0.25, 0.3) is 0 Å². The summed E-state index contributed by atoms with van der Waals surface area (Å²) in [5.74, 6) is 4.37. The number of hydrogen-bond acceptors (Lipinski definition) is 4. The number of hydrogen-bond donors (Lipinski definition) is 0. The van der Waals surface area contributed by atoms with Crippen molar-refractivity contribution in [1.82, 2.24) is 19.7 Å². The van der Waals surface area contributed by atoms with Gasteiger partial charge in [0.2, 0.25) is 0 Å². The number of nitrogens with zero attached hydrogens (tertiary/aromatic N) is 4. The lowest BCUT2D eigenvalue weighted by atomic mass is 10.2. The lowest BCUT2D eigenvalue weighted by molar-refractivity contribution is 0.269. The van der Waals surface area contributed by atoms with Gasteiger partial charge < -0.3 is 9.30 Å². The van der Waals surface area contributed by atoms with Gasteiger partial charge in [0.15, 0.2) is 0 Å². The van der Waals surface area contributed by atoms with E-state index in [2.05, 4.69) is 51.7 Å². The summed E-state index contributed by atoms with van der Waals surface area (Å²) >= 11 is 0. The van der Waals surface area contributed by atoms with Crippen molar-refractivity contribution in [1.29, 1.82) is 0 Å². The molecular weight excluding hydrogens is 336 g/mol. The lowest BCUT2D eigenvalue weighted by Gasteiger charge is -2.20. The molecule has 0 unspecified atom stereocenters. The third-order valence-electron chi connectivity index (χ3n) is 4.95. The van der Waals surface area contributed by atoms with E-state index in [0.717, 1.165) is 55.7 Å². The molecule has 140 valence electrons. The minimum absolute atomic E-state index is 0.407. The average Bonchev–Trinajstić information content (AvgIpc) is 2.98. The molecule has 2 heterocycles. The Kier molecular flexibility index (Phi) is 5.21. The van der Waals surface area contributed by atoms with Crippen LogP contribution in [0.3, 0.4) is 0 Å². The maximum Gasteiger partial charge on any atom is 0.135 e. The van der Waals surface area contributed by atoms with Gasteiger partial charge in [-0.05, 0) is 29.8 Å². The molecule has 27 heavy (non-hydrogen) atoms. The van der Waals surface area contributed by atoms with Crippen LogP contribution in [0.2, 0.25) is 0 Å². The van der Waals surface area contributed by atoms with Crippen molar-refractivity contribution in [3.63, 3.8) is 0 Å². The first-order valence-corrected chi connectivity index (χ1v) is 9.65. The smallest absolute Gasteiger partial charge is 0.135 e. The molecule has 0 aliphatic carbocycles. The minimum Gasteiger partial charge on any atom is -0.457 e. The summed E-state index contributed by atoms with van der Waals surface area (Å²) in [5, 5.41) is 8.78. The van der Waals surface area contributed by atoms with Crippen LogP contribution < -0.4 is 4.74 Å². The SMILES string of the molecule is CC(C)c1nnc2n1CCN(Cc1cccc(Oc3ccccc3)c1)CC2. The highest BCUT2D eigenvalue weighted by molar-refractivity contribution is 5.33. The zero-order chi connectivity index (χ0) is 18.6. The van der Waals surface area contributed by atoms with Gasteiger partial charge in [-0.2, -0.15) is 0 Å². The molecule has 2 aromatic carbocycles. The summed E-state index contributed by atoms with van der Waals surface area (Å²) in [6.07, 6.45) is 0.944. The van der Waals surface area contributed by atoms with Crippen LogP contribution in [0.4, 0.5) is 0 Å². The standard InChI is InChI=1S/C22H26N4O/c1-17(2)22-24-23-21-11-12-25(13-14-26(21)22)16-18-7-6-10-20(15-18)27-19-8-4-3-5-9-19/h3-10,15,17H,11-14,16H2,1-2H3. The van der Waals surface area contributed by atoms with Crippen LogP contribution in [-0.4, -0.2) is 32.8 Å². The highest BCUT2D eigenvalue weighted by Gasteiger charge is 2.20. The summed E-state index contributed by atoms with van der Waals surface area (Å²) in [5.41, 5.74) is 1.27. The second-order valence-electron chi connectivity index (χ2n) is 7.37. The predicted molar refractivity (Wildman–Crippen MR) is 106 cm³/mol. The Morgan fingerprint density at radius 2 is 1.74 bits per heavy atom. The summed E-state index contributed by atoms with van der Waals surface area (Å²) in [6, 6.07) is 18.3. The summed E-state index contributed by atoms with van der Waals surface area (Å²) in [6.45, 7) is 8.24. The van der Waals surface area contributed by atoms with Gasteiger partial charge in [-0.25, -0.2) is 0 Å². The van der Waals surface area contributed by atoms with Crippen molar-refractivity contribution >= 4 is 0 Å². The summed E-state index contributed by atoms with van der Waals surface area (Å²) in [7, 11) is 0. The molecule has 0 bridgehead atoms. The van der Waals surface area contributed by atoms with Crippen molar-refractivity contribution in [2.75, 3.05) is 13.1 Å². The molecule has 0 saturated heterocycles. The molecular formula is C22H26N4O. The molecule has 5 nitrogen and oxygen atoms in total. The van der Waals surface area contributed by atoms with Gasteiger partial charge in [-0.3, -0.25) is 4.90 Å². The molecule has 0 radical (unpaired) electrons. The number of para-hydroxylation sites is 1. The second-order valence-corrected chi connectivity index (χ2v) is 7.37. The highest BCUT2D eigenvalue weighted by atomic mass is 16.5. The van der Waals surface area contributed by atoms with E-state index in [-0.39, 0.29) is 0 Å². The van der Waals surface area contributed by atoms with E-state index in [1.165, 1.54) is 5.56 Å². The Bertz CT molecular complexity index is 888. The van der Waals surface area contributed by atoms with E-state index in [1.54, 1.807) is 0 Å². The molecule has 5 heteroatoms. The fourth-order valence-corrected chi connectivity index (χ4v) is 3.56. The maximum absolute atomic E-state index is 5.97. The number of benzene rings is 2.